The van der Waals surface area contributed by atoms with Crippen molar-refractivity contribution in [2.75, 3.05) is 13.1 Å². The summed E-state index contributed by atoms with van der Waals surface area (Å²) in [5.74, 6) is -0.627. The van der Waals surface area contributed by atoms with Gasteiger partial charge in [-0.25, -0.2) is 0 Å². The lowest BCUT2D eigenvalue weighted by Crippen LogP contribution is -2.32. The van der Waals surface area contributed by atoms with E-state index in [1.54, 1.807) is 4.90 Å². The Hall–Kier alpha value is -1.84. The van der Waals surface area contributed by atoms with Gasteiger partial charge in [0.05, 0.1) is 5.92 Å². The van der Waals surface area contributed by atoms with Gasteiger partial charge in [-0.1, -0.05) is 24.3 Å². The van der Waals surface area contributed by atoms with E-state index in [0.29, 0.717) is 31.8 Å². The Morgan fingerprint density at radius 3 is 2.67 bits per heavy atom. The first kappa shape index (κ1) is 14.1. The third-order valence-corrected chi connectivity index (χ3v) is 4.80. The monoisotopic (exact) mass is 287 g/mol. The minimum Gasteiger partial charge on any atom is -0.481 e. The first-order valence-electron chi connectivity index (χ1n) is 7.71. The zero-order valence-corrected chi connectivity index (χ0v) is 12.1. The van der Waals surface area contributed by atoms with Crippen LogP contribution in [0.2, 0.25) is 0 Å². The lowest BCUT2D eigenvalue weighted by molar-refractivity contribution is -0.141. The van der Waals surface area contributed by atoms with Crippen molar-refractivity contribution >= 4 is 11.9 Å². The van der Waals surface area contributed by atoms with Crippen LogP contribution >= 0.6 is 0 Å². The molecule has 0 saturated carbocycles. The third-order valence-electron chi connectivity index (χ3n) is 4.80. The molecule has 0 aromatic heterocycles. The number of carbonyl (C=O) groups excluding carboxylic acids is 1. The average molecular weight is 287 g/mol. The molecule has 3 rings (SSSR count). The molecule has 0 spiro atoms. The average Bonchev–Trinajstić information content (AvgIpc) is 2.97. The summed E-state index contributed by atoms with van der Waals surface area (Å²) in [7, 11) is 0. The molecule has 1 aliphatic heterocycles. The van der Waals surface area contributed by atoms with E-state index in [9.17, 15) is 9.59 Å². The number of benzene rings is 1. The summed E-state index contributed by atoms with van der Waals surface area (Å²) in [6, 6.07) is 8.45. The quantitative estimate of drug-likeness (QED) is 0.926. The van der Waals surface area contributed by atoms with Crippen LogP contribution in [-0.4, -0.2) is 35.0 Å². The number of fused-ring (bicyclic) bond motifs is 1. The number of hydrogen-bond donors (Lipinski definition) is 1. The van der Waals surface area contributed by atoms with Gasteiger partial charge in [-0.2, -0.15) is 0 Å². The van der Waals surface area contributed by atoms with Crippen LogP contribution in [0.5, 0.6) is 0 Å². The second kappa shape index (κ2) is 5.88. The second-order valence-electron chi connectivity index (χ2n) is 6.25. The fraction of sp³-hybridized carbons (Fsp3) is 0.529. The van der Waals surface area contributed by atoms with Crippen molar-refractivity contribution in [2.24, 2.45) is 11.8 Å². The van der Waals surface area contributed by atoms with E-state index in [2.05, 4.69) is 24.3 Å². The fourth-order valence-corrected chi connectivity index (χ4v) is 3.51. The van der Waals surface area contributed by atoms with Crippen molar-refractivity contribution in [3.8, 4) is 0 Å². The molecule has 0 bridgehead atoms. The molecule has 4 heteroatoms. The Kier molecular flexibility index (Phi) is 3.95. The number of carboxylic acid groups (broad SMARTS) is 1. The molecule has 1 N–H and O–H groups in total. The number of hydrogen-bond acceptors (Lipinski definition) is 2. The van der Waals surface area contributed by atoms with Crippen LogP contribution in [0.1, 0.15) is 30.4 Å². The third kappa shape index (κ3) is 3.09. The van der Waals surface area contributed by atoms with Gasteiger partial charge >= 0.3 is 5.97 Å². The van der Waals surface area contributed by atoms with Gasteiger partial charge in [0.25, 0.3) is 0 Å². The lowest BCUT2D eigenvalue weighted by Gasteiger charge is -2.26. The summed E-state index contributed by atoms with van der Waals surface area (Å²) >= 11 is 0. The van der Waals surface area contributed by atoms with Crippen LogP contribution in [0.3, 0.4) is 0 Å². The molecule has 1 saturated heterocycles. The van der Waals surface area contributed by atoms with Crippen LogP contribution in [0.15, 0.2) is 24.3 Å². The van der Waals surface area contributed by atoms with E-state index in [1.807, 2.05) is 0 Å². The Morgan fingerprint density at radius 2 is 1.95 bits per heavy atom. The van der Waals surface area contributed by atoms with Gasteiger partial charge in [0.1, 0.15) is 0 Å². The zero-order chi connectivity index (χ0) is 14.8. The number of aryl methyl sites for hydroxylation is 1. The van der Waals surface area contributed by atoms with Crippen LogP contribution in [0, 0.1) is 11.8 Å². The standard InChI is InChI=1S/C17H21NO3/c19-16(18-8-7-15(11-18)17(20)21)10-12-5-6-13-3-1-2-4-14(13)9-12/h1-4,12,15H,5-11H2,(H,20,21)/t12-,15-/m1/s1. The van der Waals surface area contributed by atoms with E-state index < -0.39 is 5.97 Å². The zero-order valence-electron chi connectivity index (χ0n) is 12.1. The van der Waals surface area contributed by atoms with Gasteiger partial charge < -0.3 is 10.0 Å². The predicted octanol–water partition coefficient (Wildman–Crippen LogP) is 2.11. The van der Waals surface area contributed by atoms with Gasteiger partial charge in [0, 0.05) is 19.5 Å². The van der Waals surface area contributed by atoms with Gasteiger partial charge in [0.2, 0.25) is 5.91 Å². The van der Waals surface area contributed by atoms with E-state index in [1.165, 1.54) is 11.1 Å². The Bertz CT molecular complexity index is 555. The maximum atomic E-state index is 12.3. The number of nitrogens with zero attached hydrogens (tertiary/aromatic N) is 1. The Labute approximate surface area is 124 Å². The largest absolute Gasteiger partial charge is 0.481 e. The van der Waals surface area contributed by atoms with E-state index in [-0.39, 0.29) is 11.8 Å². The number of carbonyl (C=O) groups is 2. The molecule has 112 valence electrons. The maximum Gasteiger partial charge on any atom is 0.308 e. The molecule has 1 heterocycles. The van der Waals surface area contributed by atoms with Crippen molar-refractivity contribution in [3.05, 3.63) is 35.4 Å². The topological polar surface area (TPSA) is 57.6 Å². The molecule has 1 fully saturated rings. The molecule has 1 amide bonds. The lowest BCUT2D eigenvalue weighted by atomic mass is 9.82. The minimum atomic E-state index is -0.781. The van der Waals surface area contributed by atoms with Crippen LogP contribution < -0.4 is 0 Å². The number of aliphatic carboxylic acids is 1. The first-order valence-corrected chi connectivity index (χ1v) is 7.71. The normalized spacial score (nSPS) is 24.7. The molecular weight excluding hydrogens is 266 g/mol. The van der Waals surface area contributed by atoms with Crippen LogP contribution in [0.25, 0.3) is 0 Å². The summed E-state index contributed by atoms with van der Waals surface area (Å²) in [4.78, 5) is 25.0. The number of rotatable bonds is 3. The Morgan fingerprint density at radius 1 is 1.19 bits per heavy atom. The van der Waals surface area contributed by atoms with E-state index in [0.717, 1.165) is 19.3 Å². The first-order chi connectivity index (χ1) is 10.1. The predicted molar refractivity (Wildman–Crippen MR) is 78.9 cm³/mol. The van der Waals surface area contributed by atoms with Crippen LogP contribution in [-0.2, 0) is 22.4 Å². The summed E-state index contributed by atoms with van der Waals surface area (Å²) in [6.45, 7) is 0.983. The molecular formula is C17H21NO3. The Balaban J connectivity index is 1.56. The van der Waals surface area contributed by atoms with Crippen molar-refractivity contribution < 1.29 is 14.7 Å². The smallest absolute Gasteiger partial charge is 0.308 e. The van der Waals surface area contributed by atoms with Crippen molar-refractivity contribution in [2.45, 2.75) is 32.1 Å². The molecule has 2 aliphatic rings. The SMILES string of the molecule is O=C(O)[C@@H]1CCN(C(=O)C[C@@H]2CCc3ccccc3C2)C1. The van der Waals surface area contributed by atoms with Crippen molar-refractivity contribution in [3.63, 3.8) is 0 Å². The summed E-state index contributed by atoms with van der Waals surface area (Å²) in [5, 5.41) is 9.01. The molecule has 1 aliphatic carbocycles. The highest BCUT2D eigenvalue weighted by molar-refractivity contribution is 5.79. The second-order valence-corrected chi connectivity index (χ2v) is 6.25. The highest BCUT2D eigenvalue weighted by atomic mass is 16.4. The maximum absolute atomic E-state index is 12.3. The highest BCUT2D eigenvalue weighted by Gasteiger charge is 2.32. The summed E-state index contributed by atoms with van der Waals surface area (Å²) in [5.41, 5.74) is 2.78. The number of amides is 1. The van der Waals surface area contributed by atoms with Gasteiger partial charge in [0.15, 0.2) is 0 Å². The van der Waals surface area contributed by atoms with Gasteiger partial charge in [-0.3, -0.25) is 9.59 Å². The molecule has 4 nitrogen and oxygen atoms in total. The molecule has 21 heavy (non-hydrogen) atoms. The number of carboxylic acids is 1. The molecule has 2 atom stereocenters. The highest BCUT2D eigenvalue weighted by Crippen LogP contribution is 2.28. The summed E-state index contributed by atoms with van der Waals surface area (Å²) in [6.07, 6.45) is 4.22. The minimum absolute atomic E-state index is 0.128. The van der Waals surface area contributed by atoms with Crippen LogP contribution in [0.4, 0.5) is 0 Å². The molecule has 1 aromatic carbocycles. The molecule has 0 radical (unpaired) electrons. The summed E-state index contributed by atoms with van der Waals surface area (Å²) < 4.78 is 0. The van der Waals surface area contributed by atoms with E-state index >= 15 is 0 Å². The fourth-order valence-electron chi connectivity index (χ4n) is 3.51. The van der Waals surface area contributed by atoms with Gasteiger partial charge in [-0.05, 0) is 42.7 Å². The molecule has 0 unspecified atom stereocenters. The van der Waals surface area contributed by atoms with Crippen molar-refractivity contribution in [1.29, 1.82) is 0 Å². The molecule has 1 aromatic rings. The van der Waals surface area contributed by atoms with E-state index in [4.69, 9.17) is 5.11 Å². The van der Waals surface area contributed by atoms with Gasteiger partial charge in [-0.15, -0.1) is 0 Å². The number of likely N-dealkylation sites (tertiary alicyclic amines) is 1. The van der Waals surface area contributed by atoms with Crippen molar-refractivity contribution in [1.82, 2.24) is 4.90 Å².